The highest BCUT2D eigenvalue weighted by Gasteiger charge is 2.19. The van der Waals surface area contributed by atoms with E-state index in [4.69, 9.17) is 0 Å². The second kappa shape index (κ2) is 9.22. The summed E-state index contributed by atoms with van der Waals surface area (Å²) in [7, 11) is 0. The zero-order valence-corrected chi connectivity index (χ0v) is 13.9. The van der Waals surface area contributed by atoms with E-state index >= 15 is 0 Å². The van der Waals surface area contributed by atoms with Gasteiger partial charge in [0.15, 0.2) is 0 Å². The molecule has 1 aliphatic rings. The van der Waals surface area contributed by atoms with Gasteiger partial charge in [0, 0.05) is 6.04 Å². The number of hydrogen-bond acceptors (Lipinski definition) is 2. The second-order valence-corrected chi connectivity index (χ2v) is 6.40. The largest absolute Gasteiger partial charge is 0.310 e. The van der Waals surface area contributed by atoms with Crippen LogP contribution in [0, 0.1) is 5.92 Å². The number of piperidine rings is 1. The van der Waals surface area contributed by atoms with E-state index in [2.05, 4.69) is 54.4 Å². The SMILES string of the molecule is CCCNC(CCN1CCC(CC)CC1)c1ccccc1. The minimum atomic E-state index is 0.509. The minimum absolute atomic E-state index is 0.509. The Morgan fingerprint density at radius 3 is 2.48 bits per heavy atom. The van der Waals surface area contributed by atoms with Crippen LogP contribution >= 0.6 is 0 Å². The van der Waals surface area contributed by atoms with Crippen molar-refractivity contribution in [3.8, 4) is 0 Å². The topological polar surface area (TPSA) is 15.3 Å². The van der Waals surface area contributed by atoms with Gasteiger partial charge in [-0.2, -0.15) is 0 Å². The maximum Gasteiger partial charge on any atom is 0.0332 e. The molecule has 2 heteroatoms. The first-order chi connectivity index (χ1) is 10.3. The van der Waals surface area contributed by atoms with Crippen molar-refractivity contribution in [3.05, 3.63) is 35.9 Å². The summed E-state index contributed by atoms with van der Waals surface area (Å²) in [6.45, 7) is 9.51. The van der Waals surface area contributed by atoms with Crippen LogP contribution in [0.2, 0.25) is 0 Å². The van der Waals surface area contributed by atoms with Crippen LogP contribution < -0.4 is 5.32 Å². The molecule has 0 saturated carbocycles. The van der Waals surface area contributed by atoms with Crippen molar-refractivity contribution in [3.63, 3.8) is 0 Å². The van der Waals surface area contributed by atoms with Gasteiger partial charge in [-0.25, -0.2) is 0 Å². The average Bonchev–Trinajstić information content (AvgIpc) is 2.56. The molecule has 1 aliphatic heterocycles. The van der Waals surface area contributed by atoms with Crippen molar-refractivity contribution < 1.29 is 0 Å². The van der Waals surface area contributed by atoms with E-state index in [9.17, 15) is 0 Å². The molecule has 2 nitrogen and oxygen atoms in total. The van der Waals surface area contributed by atoms with E-state index in [1.165, 1.54) is 57.3 Å². The number of nitrogens with one attached hydrogen (secondary N) is 1. The quantitative estimate of drug-likeness (QED) is 0.769. The fourth-order valence-electron chi connectivity index (χ4n) is 3.32. The van der Waals surface area contributed by atoms with Gasteiger partial charge in [0.05, 0.1) is 0 Å². The zero-order chi connectivity index (χ0) is 14.9. The molecule has 1 saturated heterocycles. The third kappa shape index (κ3) is 5.44. The van der Waals surface area contributed by atoms with Gasteiger partial charge in [-0.1, -0.05) is 50.6 Å². The standard InChI is InChI=1S/C19H32N2/c1-3-13-20-19(18-8-6-5-7-9-18)12-16-21-14-10-17(4-2)11-15-21/h5-9,17,19-20H,3-4,10-16H2,1-2H3. The van der Waals surface area contributed by atoms with Gasteiger partial charge in [0.1, 0.15) is 0 Å². The lowest BCUT2D eigenvalue weighted by molar-refractivity contribution is 0.174. The van der Waals surface area contributed by atoms with E-state index in [1.807, 2.05) is 0 Å². The van der Waals surface area contributed by atoms with E-state index < -0.39 is 0 Å². The minimum Gasteiger partial charge on any atom is -0.310 e. The van der Waals surface area contributed by atoms with E-state index in [1.54, 1.807) is 0 Å². The van der Waals surface area contributed by atoms with Crippen LogP contribution in [0.3, 0.4) is 0 Å². The summed E-state index contributed by atoms with van der Waals surface area (Å²) in [4.78, 5) is 2.66. The Bertz CT molecular complexity index is 368. The Labute approximate surface area is 130 Å². The lowest BCUT2D eigenvalue weighted by Crippen LogP contribution is -2.36. The van der Waals surface area contributed by atoms with Crippen molar-refractivity contribution in [2.24, 2.45) is 5.92 Å². The van der Waals surface area contributed by atoms with Gasteiger partial charge in [-0.3, -0.25) is 0 Å². The van der Waals surface area contributed by atoms with Crippen LogP contribution in [0.1, 0.15) is 57.6 Å². The molecule has 1 atom stereocenters. The van der Waals surface area contributed by atoms with Crippen molar-refractivity contribution in [1.82, 2.24) is 10.2 Å². The first-order valence-electron chi connectivity index (χ1n) is 8.84. The highest BCUT2D eigenvalue weighted by molar-refractivity contribution is 5.18. The van der Waals surface area contributed by atoms with Gasteiger partial charge in [0.25, 0.3) is 0 Å². The molecular formula is C19H32N2. The van der Waals surface area contributed by atoms with E-state index in [-0.39, 0.29) is 0 Å². The first kappa shape index (κ1) is 16.5. The van der Waals surface area contributed by atoms with Gasteiger partial charge >= 0.3 is 0 Å². The molecule has 0 aromatic heterocycles. The second-order valence-electron chi connectivity index (χ2n) is 6.40. The average molecular weight is 288 g/mol. The molecular weight excluding hydrogens is 256 g/mol. The molecule has 1 N–H and O–H groups in total. The summed E-state index contributed by atoms with van der Waals surface area (Å²) < 4.78 is 0. The Morgan fingerprint density at radius 1 is 1.14 bits per heavy atom. The van der Waals surface area contributed by atoms with Crippen molar-refractivity contribution in [2.45, 2.75) is 52.0 Å². The first-order valence-corrected chi connectivity index (χ1v) is 8.84. The van der Waals surface area contributed by atoms with Gasteiger partial charge < -0.3 is 10.2 Å². The molecule has 0 aliphatic carbocycles. The maximum absolute atomic E-state index is 3.72. The molecule has 1 aromatic rings. The van der Waals surface area contributed by atoms with E-state index in [0.717, 1.165) is 12.5 Å². The highest BCUT2D eigenvalue weighted by atomic mass is 15.1. The Hall–Kier alpha value is -0.860. The molecule has 0 bridgehead atoms. The predicted molar refractivity (Wildman–Crippen MR) is 91.5 cm³/mol. The van der Waals surface area contributed by atoms with Crippen LogP contribution in [0.5, 0.6) is 0 Å². The molecule has 1 aromatic carbocycles. The summed E-state index contributed by atoms with van der Waals surface area (Å²) >= 11 is 0. The summed E-state index contributed by atoms with van der Waals surface area (Å²) in [6, 6.07) is 11.4. The van der Waals surface area contributed by atoms with Gasteiger partial charge in [-0.15, -0.1) is 0 Å². The molecule has 2 rings (SSSR count). The monoisotopic (exact) mass is 288 g/mol. The molecule has 1 fully saturated rings. The Balaban J connectivity index is 1.82. The third-order valence-corrected chi connectivity index (χ3v) is 4.86. The fraction of sp³-hybridized carbons (Fsp3) is 0.684. The van der Waals surface area contributed by atoms with Gasteiger partial charge in [0.2, 0.25) is 0 Å². The third-order valence-electron chi connectivity index (χ3n) is 4.86. The number of hydrogen-bond donors (Lipinski definition) is 1. The molecule has 1 heterocycles. The maximum atomic E-state index is 3.72. The Morgan fingerprint density at radius 2 is 1.86 bits per heavy atom. The number of nitrogens with zero attached hydrogens (tertiary/aromatic N) is 1. The zero-order valence-electron chi connectivity index (χ0n) is 13.9. The van der Waals surface area contributed by atoms with Crippen LogP contribution in [-0.4, -0.2) is 31.1 Å². The molecule has 0 spiro atoms. The van der Waals surface area contributed by atoms with Crippen LogP contribution in [0.15, 0.2) is 30.3 Å². The summed E-state index contributed by atoms with van der Waals surface area (Å²) in [5.74, 6) is 0.976. The molecule has 0 radical (unpaired) electrons. The van der Waals surface area contributed by atoms with Crippen molar-refractivity contribution >= 4 is 0 Å². The van der Waals surface area contributed by atoms with Crippen LogP contribution in [0.4, 0.5) is 0 Å². The normalized spacial score (nSPS) is 18.8. The van der Waals surface area contributed by atoms with Crippen LogP contribution in [-0.2, 0) is 0 Å². The van der Waals surface area contributed by atoms with E-state index in [0.29, 0.717) is 6.04 Å². The Kier molecular flexibility index (Phi) is 7.25. The number of rotatable bonds is 8. The lowest BCUT2D eigenvalue weighted by atomic mass is 9.94. The molecule has 1 unspecified atom stereocenters. The smallest absolute Gasteiger partial charge is 0.0332 e. The number of benzene rings is 1. The van der Waals surface area contributed by atoms with Crippen molar-refractivity contribution in [2.75, 3.05) is 26.2 Å². The molecule has 118 valence electrons. The van der Waals surface area contributed by atoms with Crippen molar-refractivity contribution in [1.29, 1.82) is 0 Å². The molecule has 0 amide bonds. The summed E-state index contributed by atoms with van der Waals surface area (Å²) in [6.07, 6.45) is 6.58. The lowest BCUT2D eigenvalue weighted by Gasteiger charge is -2.32. The summed E-state index contributed by atoms with van der Waals surface area (Å²) in [5.41, 5.74) is 1.44. The highest BCUT2D eigenvalue weighted by Crippen LogP contribution is 2.22. The predicted octanol–water partition coefficient (Wildman–Crippen LogP) is 4.24. The number of likely N-dealkylation sites (tertiary alicyclic amines) is 1. The molecule has 21 heavy (non-hydrogen) atoms. The fourth-order valence-corrected chi connectivity index (χ4v) is 3.32. The summed E-state index contributed by atoms with van der Waals surface area (Å²) in [5, 5.41) is 3.72. The van der Waals surface area contributed by atoms with Gasteiger partial charge in [-0.05, 0) is 63.3 Å². The van der Waals surface area contributed by atoms with Crippen LogP contribution in [0.25, 0.3) is 0 Å².